The predicted molar refractivity (Wildman–Crippen MR) is 109 cm³/mol. The van der Waals surface area contributed by atoms with Crippen LogP contribution in [0.25, 0.3) is 22.2 Å². The smallest absolute Gasteiger partial charge is 0.255 e. The normalized spacial score (nSPS) is 10.8. The Kier molecular flexibility index (Phi) is 4.63. The van der Waals surface area contributed by atoms with Crippen molar-refractivity contribution >= 4 is 40.0 Å². The lowest BCUT2D eigenvalue weighted by molar-refractivity contribution is 0.102. The fourth-order valence-corrected chi connectivity index (χ4v) is 3.09. The molecule has 4 aromatic rings. The molecule has 0 fully saturated rings. The average Bonchev–Trinajstić information content (AvgIpc) is 2.68. The van der Waals surface area contributed by atoms with Crippen LogP contribution in [0.2, 0.25) is 5.02 Å². The Bertz CT molecular complexity index is 1210. The highest BCUT2D eigenvalue weighted by molar-refractivity contribution is 6.31. The largest absolute Gasteiger partial charge is 0.368 e. The average molecular weight is 393 g/mol. The molecule has 0 spiro atoms. The first kappa shape index (κ1) is 17.9. The Morgan fingerprint density at radius 1 is 1.00 bits per heavy atom. The maximum Gasteiger partial charge on any atom is 0.255 e. The minimum atomic E-state index is -0.471. The van der Waals surface area contributed by atoms with Crippen LogP contribution in [-0.2, 0) is 0 Å². The van der Waals surface area contributed by atoms with E-state index in [0.717, 1.165) is 10.9 Å². The number of nitrogens with one attached hydrogen (secondary N) is 1. The molecule has 7 heteroatoms. The molecule has 0 aliphatic carbocycles. The van der Waals surface area contributed by atoms with Crippen LogP contribution in [0, 0.1) is 5.82 Å². The zero-order valence-electron chi connectivity index (χ0n) is 14.5. The number of hydrogen-bond donors (Lipinski definition) is 2. The highest BCUT2D eigenvalue weighted by Crippen LogP contribution is 2.30. The Morgan fingerprint density at radius 2 is 1.82 bits per heavy atom. The van der Waals surface area contributed by atoms with Crippen LogP contribution in [0.3, 0.4) is 0 Å². The van der Waals surface area contributed by atoms with Crippen LogP contribution in [0.1, 0.15) is 10.4 Å². The number of benzene rings is 3. The van der Waals surface area contributed by atoms with Gasteiger partial charge in [-0.05, 0) is 48.5 Å². The van der Waals surface area contributed by atoms with Gasteiger partial charge in [-0.25, -0.2) is 14.4 Å². The number of aromatic nitrogens is 2. The van der Waals surface area contributed by atoms with Crippen molar-refractivity contribution in [2.24, 2.45) is 0 Å². The van der Waals surface area contributed by atoms with E-state index < -0.39 is 11.7 Å². The van der Waals surface area contributed by atoms with E-state index in [1.165, 1.54) is 18.2 Å². The van der Waals surface area contributed by atoms with E-state index in [0.29, 0.717) is 21.9 Å². The van der Waals surface area contributed by atoms with Crippen LogP contribution in [0.5, 0.6) is 0 Å². The van der Waals surface area contributed by atoms with Gasteiger partial charge in [0, 0.05) is 27.2 Å². The van der Waals surface area contributed by atoms with Crippen LogP contribution in [0.15, 0.2) is 66.7 Å². The summed E-state index contributed by atoms with van der Waals surface area (Å²) in [7, 11) is 0. The van der Waals surface area contributed by atoms with E-state index in [2.05, 4.69) is 15.3 Å². The van der Waals surface area contributed by atoms with Crippen molar-refractivity contribution < 1.29 is 9.18 Å². The van der Waals surface area contributed by atoms with Gasteiger partial charge in [-0.2, -0.15) is 0 Å². The number of carbonyl (C=O) groups excluding carboxylic acids is 1. The minimum Gasteiger partial charge on any atom is -0.368 e. The van der Waals surface area contributed by atoms with E-state index in [9.17, 15) is 9.18 Å². The molecule has 0 unspecified atom stereocenters. The number of hydrogen-bond acceptors (Lipinski definition) is 4. The highest BCUT2D eigenvalue weighted by Gasteiger charge is 2.12. The van der Waals surface area contributed by atoms with Crippen LogP contribution >= 0.6 is 11.6 Å². The molecule has 0 bridgehead atoms. The van der Waals surface area contributed by atoms with Gasteiger partial charge in [0.2, 0.25) is 5.95 Å². The minimum absolute atomic E-state index is 0.138. The second-order valence-electron chi connectivity index (χ2n) is 6.14. The summed E-state index contributed by atoms with van der Waals surface area (Å²) >= 11 is 6.12. The summed E-state index contributed by atoms with van der Waals surface area (Å²) in [6, 6.07) is 17.9. The van der Waals surface area contributed by atoms with Crippen molar-refractivity contribution in [3.63, 3.8) is 0 Å². The lowest BCUT2D eigenvalue weighted by Gasteiger charge is -2.10. The maximum absolute atomic E-state index is 13.4. The monoisotopic (exact) mass is 392 g/mol. The summed E-state index contributed by atoms with van der Waals surface area (Å²) < 4.78 is 13.4. The second-order valence-corrected chi connectivity index (χ2v) is 6.57. The summed E-state index contributed by atoms with van der Waals surface area (Å²) in [5.74, 6) is -0.744. The van der Waals surface area contributed by atoms with Gasteiger partial charge in [0.1, 0.15) is 5.82 Å². The van der Waals surface area contributed by atoms with Gasteiger partial charge in [-0.1, -0.05) is 29.8 Å². The maximum atomic E-state index is 13.4. The van der Waals surface area contributed by atoms with Crippen LogP contribution in [0.4, 0.5) is 16.0 Å². The zero-order valence-corrected chi connectivity index (χ0v) is 15.2. The lowest BCUT2D eigenvalue weighted by Crippen LogP contribution is -2.12. The summed E-state index contributed by atoms with van der Waals surface area (Å²) in [6.45, 7) is 0. The fourth-order valence-electron chi connectivity index (χ4n) is 2.92. The Morgan fingerprint density at radius 3 is 2.64 bits per heavy atom. The van der Waals surface area contributed by atoms with Gasteiger partial charge >= 0.3 is 0 Å². The van der Waals surface area contributed by atoms with E-state index in [4.69, 9.17) is 17.3 Å². The number of carbonyl (C=O) groups is 1. The molecule has 3 aromatic carbocycles. The molecule has 1 heterocycles. The molecule has 1 aromatic heterocycles. The molecule has 5 nitrogen and oxygen atoms in total. The van der Waals surface area contributed by atoms with Crippen molar-refractivity contribution in [1.82, 2.24) is 9.97 Å². The third-order valence-electron chi connectivity index (χ3n) is 4.16. The molecule has 0 aliphatic heterocycles. The van der Waals surface area contributed by atoms with Crippen molar-refractivity contribution in [2.45, 2.75) is 0 Å². The number of nitrogen functional groups attached to an aromatic ring is 1. The van der Waals surface area contributed by atoms with Gasteiger partial charge in [-0.3, -0.25) is 4.79 Å². The van der Waals surface area contributed by atoms with E-state index in [1.54, 1.807) is 42.5 Å². The topological polar surface area (TPSA) is 80.9 Å². The molecular formula is C21H14ClFN4O. The first-order valence-corrected chi connectivity index (χ1v) is 8.77. The number of rotatable bonds is 3. The van der Waals surface area contributed by atoms with Gasteiger partial charge in [-0.15, -0.1) is 0 Å². The molecule has 0 atom stereocenters. The number of halogens is 2. The second kappa shape index (κ2) is 7.25. The standard InChI is InChI=1S/C21H14ClFN4O/c22-14-7-8-18-17(11-14)19(27-21(24)26-18)12-3-2-6-16(10-12)25-20(28)13-4-1-5-15(23)9-13/h1-11H,(H,25,28)(H2,24,26,27). The molecule has 1 amide bonds. The molecule has 138 valence electrons. The third-order valence-corrected chi connectivity index (χ3v) is 4.39. The molecule has 0 saturated heterocycles. The summed E-state index contributed by atoms with van der Waals surface area (Å²) in [6.07, 6.45) is 0. The van der Waals surface area contributed by atoms with Crippen LogP contribution < -0.4 is 11.1 Å². The number of anilines is 2. The number of nitrogens with two attached hydrogens (primary N) is 1. The lowest BCUT2D eigenvalue weighted by atomic mass is 10.1. The fraction of sp³-hybridized carbons (Fsp3) is 0. The molecule has 28 heavy (non-hydrogen) atoms. The molecular weight excluding hydrogens is 379 g/mol. The molecule has 0 aliphatic rings. The van der Waals surface area contributed by atoms with Crippen molar-refractivity contribution in [3.05, 3.63) is 83.1 Å². The number of fused-ring (bicyclic) bond motifs is 1. The third kappa shape index (κ3) is 3.63. The van der Waals surface area contributed by atoms with Gasteiger partial charge in [0.05, 0.1) is 11.2 Å². The Balaban J connectivity index is 1.72. The first-order valence-electron chi connectivity index (χ1n) is 8.40. The molecule has 0 radical (unpaired) electrons. The Hall–Kier alpha value is -3.51. The summed E-state index contributed by atoms with van der Waals surface area (Å²) in [5.41, 5.74) is 8.63. The first-order chi connectivity index (χ1) is 13.5. The summed E-state index contributed by atoms with van der Waals surface area (Å²) in [4.78, 5) is 21.0. The highest BCUT2D eigenvalue weighted by atomic mass is 35.5. The Labute approximate surface area is 165 Å². The van der Waals surface area contributed by atoms with Crippen molar-refractivity contribution in [2.75, 3.05) is 11.1 Å². The zero-order chi connectivity index (χ0) is 19.7. The molecule has 4 rings (SSSR count). The molecule has 0 saturated carbocycles. The van der Waals surface area contributed by atoms with E-state index >= 15 is 0 Å². The van der Waals surface area contributed by atoms with E-state index in [-0.39, 0.29) is 11.5 Å². The van der Waals surface area contributed by atoms with Crippen LogP contribution in [-0.4, -0.2) is 15.9 Å². The number of nitrogens with zero attached hydrogens (tertiary/aromatic N) is 2. The van der Waals surface area contributed by atoms with Gasteiger partial charge < -0.3 is 11.1 Å². The summed E-state index contributed by atoms with van der Waals surface area (Å²) in [5, 5.41) is 4.06. The van der Waals surface area contributed by atoms with Gasteiger partial charge in [0.25, 0.3) is 5.91 Å². The molecule has 3 N–H and O–H groups in total. The SMILES string of the molecule is Nc1nc(-c2cccc(NC(=O)c3cccc(F)c3)c2)c2cc(Cl)ccc2n1. The number of amides is 1. The van der Waals surface area contributed by atoms with Crippen molar-refractivity contribution in [3.8, 4) is 11.3 Å². The van der Waals surface area contributed by atoms with Gasteiger partial charge in [0.15, 0.2) is 0 Å². The van der Waals surface area contributed by atoms with E-state index in [1.807, 2.05) is 6.07 Å². The van der Waals surface area contributed by atoms with Crippen molar-refractivity contribution in [1.29, 1.82) is 0 Å². The predicted octanol–water partition coefficient (Wildman–Crippen LogP) is 4.92. The quantitative estimate of drug-likeness (QED) is 0.518.